The van der Waals surface area contributed by atoms with E-state index in [9.17, 15) is 0 Å². The van der Waals surface area contributed by atoms with Crippen molar-refractivity contribution in [1.82, 2.24) is 4.90 Å². The molecule has 0 saturated heterocycles. The van der Waals surface area contributed by atoms with Crippen molar-refractivity contribution in [1.29, 1.82) is 0 Å². The quantitative estimate of drug-likeness (QED) is 0.449. The van der Waals surface area contributed by atoms with E-state index in [1.165, 1.54) is 16.7 Å². The molecule has 2 aromatic carbocycles. The highest BCUT2D eigenvalue weighted by Gasteiger charge is 2.36. The topological polar surface area (TPSA) is 76.6 Å². The number of ether oxygens (including phenoxy) is 4. The van der Waals surface area contributed by atoms with Crippen LogP contribution in [0.15, 0.2) is 18.2 Å². The third-order valence-electron chi connectivity index (χ3n) is 5.69. The van der Waals surface area contributed by atoms with Crippen molar-refractivity contribution < 1.29 is 23.7 Å². The summed E-state index contributed by atoms with van der Waals surface area (Å²) in [4.78, 5) is 4.68. The molecule has 1 heterocycles. The molecule has 0 radical (unpaired) electrons. The van der Waals surface area contributed by atoms with Gasteiger partial charge in [0.15, 0.2) is 23.0 Å². The van der Waals surface area contributed by atoms with Crippen LogP contribution in [0.25, 0.3) is 16.7 Å². The fourth-order valence-electron chi connectivity index (χ4n) is 4.38. The lowest BCUT2D eigenvalue weighted by atomic mass is 9.76. The molecule has 0 fully saturated rings. The monoisotopic (exact) mass is 397 g/mol. The van der Waals surface area contributed by atoms with E-state index < -0.39 is 0 Å². The minimum Gasteiger partial charge on any atom is -0.493 e. The zero-order valence-corrected chi connectivity index (χ0v) is 17.6. The van der Waals surface area contributed by atoms with Gasteiger partial charge in [0.05, 0.1) is 28.4 Å². The molecule has 154 valence electrons. The molecule has 0 amide bonds. The standard InChI is InChI=1S/C21H25NO4.CH2N2/c1-22-7-6-12-9-18(25-4)21(26-5)20-14-11-17(24-3)16(23-2)10-13(14)8-15(22)19(12)20;1-3-2/h9-11,15H,6-8H2,1-5H3;1H2/t15-;/m0./s1. The normalized spacial score (nSPS) is 16.4. The Balaban J connectivity index is 0.000000755. The lowest BCUT2D eigenvalue weighted by Gasteiger charge is -2.40. The van der Waals surface area contributed by atoms with Gasteiger partial charge in [0, 0.05) is 18.2 Å². The summed E-state index contributed by atoms with van der Waals surface area (Å²) >= 11 is 0. The molecule has 0 unspecified atom stereocenters. The van der Waals surface area contributed by atoms with E-state index in [2.05, 4.69) is 41.7 Å². The molecule has 0 N–H and O–H groups in total. The van der Waals surface area contributed by atoms with Crippen molar-refractivity contribution >= 4 is 6.72 Å². The Morgan fingerprint density at radius 3 is 2.14 bits per heavy atom. The van der Waals surface area contributed by atoms with E-state index in [4.69, 9.17) is 24.5 Å². The Kier molecular flexibility index (Phi) is 6.11. The van der Waals surface area contributed by atoms with Crippen LogP contribution in [0.2, 0.25) is 0 Å². The summed E-state index contributed by atoms with van der Waals surface area (Å²) in [7, 11) is 8.94. The molecule has 0 aromatic heterocycles. The molecule has 7 heteroatoms. The fourth-order valence-corrected chi connectivity index (χ4v) is 4.38. The predicted octanol–water partition coefficient (Wildman–Crippen LogP) is 3.39. The number of rotatable bonds is 4. The van der Waals surface area contributed by atoms with E-state index in [1.807, 2.05) is 0 Å². The van der Waals surface area contributed by atoms with Crippen LogP contribution < -0.4 is 18.9 Å². The molecule has 0 saturated carbocycles. The Morgan fingerprint density at radius 1 is 0.966 bits per heavy atom. The summed E-state index contributed by atoms with van der Waals surface area (Å²) in [5.41, 5.74) is 13.3. The number of nitrogens with zero attached hydrogens (tertiary/aromatic N) is 3. The zero-order chi connectivity index (χ0) is 21.1. The van der Waals surface area contributed by atoms with Gasteiger partial charge in [-0.15, -0.1) is 0 Å². The average Bonchev–Trinajstić information content (AvgIpc) is 2.74. The Morgan fingerprint density at radius 2 is 1.55 bits per heavy atom. The molecular weight excluding hydrogens is 370 g/mol. The van der Waals surface area contributed by atoms with Gasteiger partial charge in [-0.05, 0) is 60.3 Å². The molecule has 0 bridgehead atoms. The zero-order valence-electron chi connectivity index (χ0n) is 17.6. The molecule has 2 aliphatic rings. The van der Waals surface area contributed by atoms with E-state index in [0.717, 1.165) is 53.5 Å². The van der Waals surface area contributed by atoms with E-state index >= 15 is 0 Å². The lowest BCUT2D eigenvalue weighted by molar-refractivity contribution is 0.0110. The second kappa shape index (κ2) is 8.55. The number of likely N-dealkylation sites (N-methyl/N-ethyl adjacent to an activating group) is 1. The van der Waals surface area contributed by atoms with Gasteiger partial charge in [-0.25, -0.2) is 0 Å². The maximum atomic E-state index is 7.08. The highest BCUT2D eigenvalue weighted by molar-refractivity contribution is 5.85. The summed E-state index contributed by atoms with van der Waals surface area (Å²) in [6, 6.07) is 6.64. The van der Waals surface area contributed by atoms with Gasteiger partial charge in [-0.1, -0.05) is 0 Å². The van der Waals surface area contributed by atoms with Gasteiger partial charge in [-0.3, -0.25) is 4.90 Å². The molecule has 0 spiro atoms. The van der Waals surface area contributed by atoms with Crippen LogP contribution in [0.3, 0.4) is 0 Å². The van der Waals surface area contributed by atoms with E-state index in [1.54, 1.807) is 28.4 Å². The third-order valence-corrected chi connectivity index (χ3v) is 5.69. The summed E-state index contributed by atoms with van der Waals surface area (Å²) in [6.45, 7) is 3.70. The predicted molar refractivity (Wildman–Crippen MR) is 112 cm³/mol. The summed E-state index contributed by atoms with van der Waals surface area (Å²) < 4.78 is 22.6. The first-order valence-electron chi connectivity index (χ1n) is 9.37. The van der Waals surface area contributed by atoms with Crippen LogP contribution >= 0.6 is 0 Å². The summed E-state index contributed by atoms with van der Waals surface area (Å²) in [5, 5.41) is 0. The van der Waals surface area contributed by atoms with Crippen molar-refractivity contribution in [2.45, 2.75) is 18.9 Å². The van der Waals surface area contributed by atoms with Gasteiger partial charge in [0.1, 0.15) is 0 Å². The highest BCUT2D eigenvalue weighted by atomic mass is 16.5. The molecular formula is C22H27N3O4. The lowest BCUT2D eigenvalue weighted by Crippen LogP contribution is -2.35. The minimum absolute atomic E-state index is 0.333. The fraction of sp³-hybridized carbons (Fsp3) is 0.409. The maximum absolute atomic E-state index is 7.08. The molecule has 29 heavy (non-hydrogen) atoms. The Labute approximate surface area is 171 Å². The number of fused-ring (bicyclic) bond motifs is 2. The third kappa shape index (κ3) is 3.43. The van der Waals surface area contributed by atoms with Gasteiger partial charge in [0.25, 0.3) is 0 Å². The molecule has 2 aromatic rings. The summed E-state index contributed by atoms with van der Waals surface area (Å²) in [5.74, 6) is 3.06. The van der Waals surface area contributed by atoms with Gasteiger partial charge in [0.2, 0.25) is 6.72 Å². The Bertz CT molecular complexity index is 952. The molecule has 1 atom stereocenters. The van der Waals surface area contributed by atoms with Crippen LogP contribution in [0.1, 0.15) is 22.7 Å². The highest BCUT2D eigenvalue weighted by Crippen LogP contribution is 2.53. The van der Waals surface area contributed by atoms with Crippen LogP contribution in [0.4, 0.5) is 0 Å². The van der Waals surface area contributed by atoms with Crippen molar-refractivity contribution in [2.24, 2.45) is 0 Å². The maximum Gasteiger partial charge on any atom is 0.245 e. The number of benzene rings is 2. The Hall–Kier alpha value is -3.02. The van der Waals surface area contributed by atoms with Crippen molar-refractivity contribution in [3.05, 3.63) is 40.4 Å². The molecule has 1 aliphatic heterocycles. The number of methoxy groups -OCH3 is 4. The van der Waals surface area contributed by atoms with Crippen LogP contribution in [-0.2, 0) is 12.8 Å². The average molecular weight is 397 g/mol. The van der Waals surface area contributed by atoms with E-state index in [-0.39, 0.29) is 0 Å². The van der Waals surface area contributed by atoms with Crippen molar-refractivity contribution in [3.63, 3.8) is 0 Å². The number of hydrogen-bond donors (Lipinski definition) is 0. The first kappa shape index (κ1) is 20.7. The second-order valence-electron chi connectivity index (χ2n) is 7.02. The second-order valence-corrected chi connectivity index (χ2v) is 7.02. The van der Waals surface area contributed by atoms with Crippen molar-refractivity contribution in [2.75, 3.05) is 42.0 Å². The van der Waals surface area contributed by atoms with Crippen molar-refractivity contribution in [3.8, 4) is 34.1 Å². The van der Waals surface area contributed by atoms with Crippen LogP contribution in [-0.4, -0.2) is 58.4 Å². The van der Waals surface area contributed by atoms with Crippen LogP contribution in [0.5, 0.6) is 23.0 Å². The molecule has 4 rings (SSSR count). The first-order chi connectivity index (χ1) is 14.0. The van der Waals surface area contributed by atoms with Gasteiger partial charge >= 0.3 is 0 Å². The van der Waals surface area contributed by atoms with Gasteiger partial charge in [-0.2, -0.15) is 4.79 Å². The SMILES string of the molecule is C=[N+]=[N-].COc1cc2c(cc1OC)-c1c(OC)c(OC)cc3c1[C@H](C2)N(C)CC3. The summed E-state index contributed by atoms with van der Waals surface area (Å²) in [6.07, 6.45) is 1.96. The molecule has 7 nitrogen and oxygen atoms in total. The van der Waals surface area contributed by atoms with Crippen LogP contribution in [0, 0.1) is 0 Å². The smallest absolute Gasteiger partial charge is 0.245 e. The molecule has 1 aliphatic carbocycles. The van der Waals surface area contributed by atoms with E-state index in [0.29, 0.717) is 6.04 Å². The first-order valence-corrected chi connectivity index (χ1v) is 9.37. The van der Waals surface area contributed by atoms with Gasteiger partial charge < -0.3 is 24.5 Å². The minimum atomic E-state index is 0.333. The largest absolute Gasteiger partial charge is 0.493 e. The number of hydrogen-bond acceptors (Lipinski definition) is 5.